The molecule has 2 saturated heterocycles. The molecule has 0 unspecified atom stereocenters. The van der Waals surface area contributed by atoms with E-state index in [1.54, 1.807) is 0 Å². The Morgan fingerprint density at radius 3 is 2.77 bits per heavy atom. The number of hydrogen-bond donors (Lipinski definition) is 3. The van der Waals surface area contributed by atoms with Crippen LogP contribution in [0.3, 0.4) is 0 Å². The molecule has 2 fully saturated rings. The Kier molecular flexibility index (Phi) is 7.26. The van der Waals surface area contributed by atoms with E-state index in [1.807, 2.05) is 38.4 Å². The van der Waals surface area contributed by atoms with Crippen molar-refractivity contribution in [2.24, 2.45) is 0 Å². The number of nitrogens with zero attached hydrogens (tertiary/aromatic N) is 4. The van der Waals surface area contributed by atoms with Crippen molar-refractivity contribution < 1.29 is 9.53 Å². The second-order valence-electron chi connectivity index (χ2n) is 9.39. The molecule has 2 aromatic heterocycles. The summed E-state index contributed by atoms with van der Waals surface area (Å²) < 4.78 is 5.48. The fourth-order valence-electron chi connectivity index (χ4n) is 5.19. The molecular formula is C26H35N7O2. The molecule has 9 heteroatoms. The average Bonchev–Trinajstić information content (AvgIpc) is 3.31. The maximum atomic E-state index is 12.9. The molecule has 0 aliphatic carbocycles. The van der Waals surface area contributed by atoms with Crippen LogP contribution in [0.5, 0.6) is 0 Å². The predicted octanol–water partition coefficient (Wildman–Crippen LogP) is 3.10. The molecule has 5 rings (SSSR count). The van der Waals surface area contributed by atoms with Gasteiger partial charge in [-0.25, -0.2) is 9.97 Å². The minimum absolute atomic E-state index is 0.0196. The highest BCUT2D eigenvalue weighted by atomic mass is 16.5. The average molecular weight is 478 g/mol. The lowest BCUT2D eigenvalue weighted by atomic mass is 10.0. The molecule has 2 aliphatic heterocycles. The smallest absolute Gasteiger partial charge is 0.238 e. The molecule has 35 heavy (non-hydrogen) atoms. The number of aryl methyl sites for hydroxylation is 1. The first kappa shape index (κ1) is 23.7. The third kappa shape index (κ3) is 5.32. The Balaban J connectivity index is 1.25. The highest BCUT2D eigenvalue weighted by Crippen LogP contribution is 2.33. The summed E-state index contributed by atoms with van der Waals surface area (Å²) in [4.78, 5) is 30.2. The van der Waals surface area contributed by atoms with E-state index in [-0.39, 0.29) is 5.91 Å². The van der Waals surface area contributed by atoms with Crippen LogP contribution in [-0.2, 0) is 9.53 Å². The van der Waals surface area contributed by atoms with Gasteiger partial charge in [0, 0.05) is 62.1 Å². The van der Waals surface area contributed by atoms with Gasteiger partial charge in [-0.05, 0) is 38.3 Å². The molecule has 0 saturated carbocycles. The number of anilines is 2. The first-order chi connectivity index (χ1) is 17.1. The van der Waals surface area contributed by atoms with E-state index in [2.05, 4.69) is 36.5 Å². The Morgan fingerprint density at radius 1 is 1.20 bits per heavy atom. The highest BCUT2D eigenvalue weighted by molar-refractivity contribution is 6.06. The van der Waals surface area contributed by atoms with Crippen molar-refractivity contribution in [3.05, 3.63) is 36.2 Å². The monoisotopic (exact) mass is 477 g/mol. The molecule has 0 atom stereocenters. The van der Waals surface area contributed by atoms with Crippen LogP contribution in [0.1, 0.15) is 25.3 Å². The van der Waals surface area contributed by atoms with Crippen LogP contribution in [0.2, 0.25) is 0 Å². The van der Waals surface area contributed by atoms with Gasteiger partial charge in [0.05, 0.1) is 36.7 Å². The summed E-state index contributed by atoms with van der Waals surface area (Å²) in [5.74, 6) is 0.635. The lowest BCUT2D eigenvalue weighted by Gasteiger charge is -2.39. The maximum Gasteiger partial charge on any atom is 0.238 e. The quantitative estimate of drug-likeness (QED) is 0.481. The molecule has 2 aliphatic rings. The van der Waals surface area contributed by atoms with Gasteiger partial charge in [-0.1, -0.05) is 12.1 Å². The zero-order valence-electron chi connectivity index (χ0n) is 20.6. The van der Waals surface area contributed by atoms with Crippen molar-refractivity contribution in [3.8, 4) is 11.3 Å². The summed E-state index contributed by atoms with van der Waals surface area (Å²) >= 11 is 0. The summed E-state index contributed by atoms with van der Waals surface area (Å²) in [5, 5.41) is 7.34. The lowest BCUT2D eigenvalue weighted by molar-refractivity contribution is -0.117. The number of aromatic nitrogens is 3. The number of fused-ring (bicyclic) bond motifs is 1. The van der Waals surface area contributed by atoms with Gasteiger partial charge in [0.25, 0.3) is 0 Å². The number of amides is 1. The first-order valence-corrected chi connectivity index (χ1v) is 12.6. The molecule has 186 valence electrons. The van der Waals surface area contributed by atoms with Crippen molar-refractivity contribution in [2.75, 3.05) is 63.1 Å². The Labute approximate surface area is 206 Å². The zero-order chi connectivity index (χ0) is 24.2. The van der Waals surface area contributed by atoms with Gasteiger partial charge in [-0.2, -0.15) is 0 Å². The molecule has 1 aromatic carbocycles. The van der Waals surface area contributed by atoms with Crippen LogP contribution in [0.4, 0.5) is 11.6 Å². The van der Waals surface area contributed by atoms with Crippen LogP contribution < -0.4 is 10.6 Å². The van der Waals surface area contributed by atoms with E-state index < -0.39 is 0 Å². The third-order valence-electron chi connectivity index (χ3n) is 7.04. The largest absolute Gasteiger partial charge is 0.379 e. The Bertz CT molecular complexity index is 1160. The normalized spacial score (nSPS) is 18.1. The van der Waals surface area contributed by atoms with E-state index in [4.69, 9.17) is 9.72 Å². The third-order valence-corrected chi connectivity index (χ3v) is 7.04. The molecule has 9 nitrogen and oxygen atoms in total. The van der Waals surface area contributed by atoms with Crippen molar-refractivity contribution in [2.45, 2.75) is 32.7 Å². The van der Waals surface area contributed by atoms with Crippen molar-refractivity contribution >= 4 is 28.4 Å². The molecule has 0 spiro atoms. The number of morpholine rings is 1. The number of benzene rings is 1. The minimum atomic E-state index is 0.0196. The fraction of sp³-hybridized carbons (Fsp3) is 0.500. The first-order valence-electron chi connectivity index (χ1n) is 12.6. The highest BCUT2D eigenvalue weighted by Gasteiger charge is 2.26. The summed E-state index contributed by atoms with van der Waals surface area (Å²) in [6.07, 6.45) is 6.01. The molecule has 0 bridgehead atoms. The minimum Gasteiger partial charge on any atom is -0.379 e. The Hall–Kier alpha value is -3.01. The number of nitrogens with one attached hydrogen (secondary N) is 3. The van der Waals surface area contributed by atoms with Gasteiger partial charge in [0.2, 0.25) is 11.9 Å². The van der Waals surface area contributed by atoms with Gasteiger partial charge >= 0.3 is 0 Å². The second kappa shape index (κ2) is 10.7. The molecule has 4 heterocycles. The van der Waals surface area contributed by atoms with E-state index in [1.165, 1.54) is 0 Å². The van der Waals surface area contributed by atoms with Gasteiger partial charge in [-0.3, -0.25) is 14.6 Å². The SMILES string of the molecule is CCNc1ncc(C)c(-c2c[nH]c3c(NC(=O)CN4CCC(N5CCOCC5)CC4)cccc23)n1. The lowest BCUT2D eigenvalue weighted by Crippen LogP contribution is -2.50. The summed E-state index contributed by atoms with van der Waals surface area (Å²) in [7, 11) is 0. The molecule has 1 amide bonds. The van der Waals surface area contributed by atoms with Crippen molar-refractivity contribution in [1.29, 1.82) is 0 Å². The van der Waals surface area contributed by atoms with Crippen molar-refractivity contribution in [3.63, 3.8) is 0 Å². The number of carbonyl (C=O) groups is 1. The number of piperidine rings is 1. The van der Waals surface area contributed by atoms with Crippen LogP contribution in [-0.4, -0.2) is 89.2 Å². The number of para-hydroxylation sites is 1. The standard InChI is InChI=1S/C26H35N7O2/c1-3-27-26-29-15-18(2)24(31-26)21-16-28-25-20(21)5-4-6-22(25)30-23(34)17-32-9-7-19(8-10-32)33-11-13-35-14-12-33/h4-6,15-16,19,28H,3,7-14,17H2,1-2H3,(H,30,34)(H,27,29,31). The van der Waals surface area contributed by atoms with Gasteiger partial charge in [0.15, 0.2) is 0 Å². The number of aromatic amines is 1. The van der Waals surface area contributed by atoms with Crippen molar-refractivity contribution in [1.82, 2.24) is 24.8 Å². The van der Waals surface area contributed by atoms with Crippen LogP contribution in [0.15, 0.2) is 30.6 Å². The Morgan fingerprint density at radius 2 is 2.00 bits per heavy atom. The number of rotatable bonds is 7. The maximum absolute atomic E-state index is 12.9. The number of carbonyl (C=O) groups excluding carboxylic acids is 1. The van der Waals surface area contributed by atoms with Gasteiger partial charge in [0.1, 0.15) is 0 Å². The zero-order valence-corrected chi connectivity index (χ0v) is 20.6. The van der Waals surface area contributed by atoms with Crippen LogP contribution in [0.25, 0.3) is 22.2 Å². The number of hydrogen-bond acceptors (Lipinski definition) is 7. The van der Waals surface area contributed by atoms with Gasteiger partial charge < -0.3 is 20.4 Å². The van der Waals surface area contributed by atoms with E-state index in [9.17, 15) is 4.79 Å². The number of H-pyrrole nitrogens is 1. The fourth-order valence-corrected chi connectivity index (χ4v) is 5.19. The molecular weight excluding hydrogens is 442 g/mol. The molecule has 0 radical (unpaired) electrons. The predicted molar refractivity (Wildman–Crippen MR) is 139 cm³/mol. The van der Waals surface area contributed by atoms with Gasteiger partial charge in [-0.15, -0.1) is 0 Å². The second-order valence-corrected chi connectivity index (χ2v) is 9.39. The topological polar surface area (TPSA) is 98.4 Å². The number of likely N-dealkylation sites (tertiary alicyclic amines) is 1. The molecule has 3 N–H and O–H groups in total. The molecule has 3 aromatic rings. The number of ether oxygens (including phenoxy) is 1. The van der Waals surface area contributed by atoms with Crippen LogP contribution >= 0.6 is 0 Å². The van der Waals surface area contributed by atoms with Crippen LogP contribution in [0, 0.1) is 6.92 Å². The summed E-state index contributed by atoms with van der Waals surface area (Å²) in [6, 6.07) is 6.59. The summed E-state index contributed by atoms with van der Waals surface area (Å²) in [5.41, 5.74) is 4.59. The van der Waals surface area contributed by atoms with E-state index in [0.29, 0.717) is 18.5 Å². The van der Waals surface area contributed by atoms with E-state index in [0.717, 1.165) is 92.2 Å². The summed E-state index contributed by atoms with van der Waals surface area (Å²) in [6.45, 7) is 10.8. The van der Waals surface area contributed by atoms with E-state index >= 15 is 0 Å².